The van der Waals surface area contributed by atoms with Crippen LogP contribution in [0.1, 0.15) is 46.5 Å². The number of rotatable bonds is 1. The second-order valence-corrected chi connectivity index (χ2v) is 6.26. The number of hydrogen-bond donors (Lipinski definition) is 0. The summed E-state index contributed by atoms with van der Waals surface area (Å²) in [6.45, 7) is 6.36. The van der Waals surface area contributed by atoms with E-state index in [0.29, 0.717) is 11.8 Å². The number of carbonyl (C=O) groups is 1. The van der Waals surface area contributed by atoms with E-state index in [1.807, 2.05) is 6.92 Å². The Morgan fingerprint density at radius 1 is 1.37 bits per heavy atom. The van der Waals surface area contributed by atoms with Crippen molar-refractivity contribution >= 4 is 5.97 Å². The van der Waals surface area contributed by atoms with Crippen molar-refractivity contribution in [3.8, 4) is 0 Å². The standard InChI is InChI=1S/C16H22O3/c1-9-5-6-12-10(2)8-16(18-4)14(7-13(9)12)11(3)15(17)19-16/h10,12H,5-8H2,1-4H3. The minimum Gasteiger partial charge on any atom is -0.426 e. The molecular weight excluding hydrogens is 240 g/mol. The maximum Gasteiger partial charge on any atom is 0.336 e. The van der Waals surface area contributed by atoms with Crippen LogP contribution >= 0.6 is 0 Å². The van der Waals surface area contributed by atoms with Gasteiger partial charge < -0.3 is 9.47 Å². The van der Waals surface area contributed by atoms with Crippen molar-refractivity contribution < 1.29 is 14.3 Å². The average molecular weight is 262 g/mol. The summed E-state index contributed by atoms with van der Waals surface area (Å²) >= 11 is 0. The largest absolute Gasteiger partial charge is 0.426 e. The molecule has 0 N–H and O–H groups in total. The minimum absolute atomic E-state index is 0.209. The summed E-state index contributed by atoms with van der Waals surface area (Å²) in [6.07, 6.45) is 4.07. The summed E-state index contributed by atoms with van der Waals surface area (Å²) in [4.78, 5) is 11.9. The number of ether oxygens (including phenoxy) is 2. The van der Waals surface area contributed by atoms with Crippen LogP contribution in [0.25, 0.3) is 0 Å². The summed E-state index contributed by atoms with van der Waals surface area (Å²) in [6, 6.07) is 0. The Labute approximate surface area is 114 Å². The molecule has 0 aromatic heterocycles. The zero-order valence-electron chi connectivity index (χ0n) is 12.2. The Morgan fingerprint density at radius 2 is 2.11 bits per heavy atom. The molecule has 19 heavy (non-hydrogen) atoms. The molecule has 3 unspecified atom stereocenters. The number of carbonyl (C=O) groups excluding carboxylic acids is 1. The first-order valence-electron chi connectivity index (χ1n) is 7.15. The lowest BCUT2D eigenvalue weighted by molar-refractivity contribution is -0.198. The van der Waals surface area contributed by atoms with Crippen molar-refractivity contribution in [3.63, 3.8) is 0 Å². The Morgan fingerprint density at radius 3 is 2.79 bits per heavy atom. The second kappa shape index (κ2) is 4.20. The highest BCUT2D eigenvalue weighted by Gasteiger charge is 2.51. The maximum atomic E-state index is 11.9. The fourth-order valence-corrected chi connectivity index (χ4v) is 4.07. The first kappa shape index (κ1) is 12.9. The van der Waals surface area contributed by atoms with Gasteiger partial charge in [-0.05, 0) is 44.9 Å². The molecule has 0 amide bonds. The average Bonchev–Trinajstić information content (AvgIpc) is 2.80. The number of methoxy groups -OCH3 is 1. The lowest BCUT2D eigenvalue weighted by Crippen LogP contribution is -2.36. The normalized spacial score (nSPS) is 38.2. The van der Waals surface area contributed by atoms with Gasteiger partial charge in [0.25, 0.3) is 0 Å². The molecule has 0 aromatic carbocycles. The third-order valence-corrected chi connectivity index (χ3v) is 5.28. The van der Waals surface area contributed by atoms with Crippen molar-refractivity contribution in [3.05, 3.63) is 22.3 Å². The lowest BCUT2D eigenvalue weighted by atomic mass is 9.86. The number of hydrogen-bond acceptors (Lipinski definition) is 3. The van der Waals surface area contributed by atoms with E-state index in [-0.39, 0.29) is 5.97 Å². The van der Waals surface area contributed by atoms with Crippen LogP contribution in [0.5, 0.6) is 0 Å². The molecule has 2 aliphatic carbocycles. The smallest absolute Gasteiger partial charge is 0.336 e. The molecule has 0 aromatic rings. The maximum absolute atomic E-state index is 11.9. The Hall–Kier alpha value is -1.09. The Balaban J connectivity index is 2.11. The van der Waals surface area contributed by atoms with Crippen LogP contribution in [0.3, 0.4) is 0 Å². The Bertz CT molecular complexity index is 500. The summed E-state index contributed by atoms with van der Waals surface area (Å²) in [7, 11) is 1.65. The van der Waals surface area contributed by atoms with Crippen LogP contribution < -0.4 is 0 Å². The van der Waals surface area contributed by atoms with Crippen molar-refractivity contribution in [1.29, 1.82) is 0 Å². The van der Waals surface area contributed by atoms with E-state index in [4.69, 9.17) is 9.47 Å². The number of esters is 1. The van der Waals surface area contributed by atoms with Gasteiger partial charge in [0.1, 0.15) is 0 Å². The fourth-order valence-electron chi connectivity index (χ4n) is 4.07. The monoisotopic (exact) mass is 262 g/mol. The first-order chi connectivity index (χ1) is 8.98. The molecule has 0 bridgehead atoms. The molecule has 0 spiro atoms. The van der Waals surface area contributed by atoms with Crippen LogP contribution in [0.4, 0.5) is 0 Å². The van der Waals surface area contributed by atoms with Gasteiger partial charge in [-0.3, -0.25) is 0 Å². The zero-order chi connectivity index (χ0) is 13.8. The van der Waals surface area contributed by atoms with E-state index in [0.717, 1.165) is 24.0 Å². The van der Waals surface area contributed by atoms with Gasteiger partial charge in [-0.15, -0.1) is 0 Å². The van der Waals surface area contributed by atoms with Gasteiger partial charge in [-0.25, -0.2) is 4.79 Å². The van der Waals surface area contributed by atoms with E-state index in [9.17, 15) is 4.79 Å². The number of allylic oxidation sites excluding steroid dienone is 2. The molecular formula is C16H22O3. The van der Waals surface area contributed by atoms with Crippen LogP contribution in [-0.4, -0.2) is 18.9 Å². The molecule has 0 saturated heterocycles. The molecule has 3 nitrogen and oxygen atoms in total. The quantitative estimate of drug-likeness (QED) is 0.537. The van der Waals surface area contributed by atoms with Crippen molar-refractivity contribution in [2.24, 2.45) is 11.8 Å². The SMILES string of the molecule is COC12CC(C)C3CCC(C)=C3CC1=C(C)C(=O)O2. The predicted molar refractivity (Wildman–Crippen MR) is 72.4 cm³/mol. The minimum atomic E-state index is -0.793. The highest BCUT2D eigenvalue weighted by Crippen LogP contribution is 2.52. The molecule has 3 atom stereocenters. The molecule has 3 heteroatoms. The van der Waals surface area contributed by atoms with Crippen LogP contribution in [-0.2, 0) is 14.3 Å². The third-order valence-electron chi connectivity index (χ3n) is 5.28. The molecule has 0 radical (unpaired) electrons. The van der Waals surface area contributed by atoms with Gasteiger partial charge in [0.05, 0.1) is 0 Å². The molecule has 104 valence electrons. The van der Waals surface area contributed by atoms with Gasteiger partial charge in [0.15, 0.2) is 0 Å². The van der Waals surface area contributed by atoms with Crippen molar-refractivity contribution in [1.82, 2.24) is 0 Å². The highest BCUT2D eigenvalue weighted by molar-refractivity contribution is 5.92. The molecule has 1 aliphatic heterocycles. The van der Waals surface area contributed by atoms with Gasteiger partial charge in [-0.2, -0.15) is 0 Å². The van der Waals surface area contributed by atoms with Gasteiger partial charge >= 0.3 is 5.97 Å². The molecule has 1 saturated carbocycles. The zero-order valence-corrected chi connectivity index (χ0v) is 12.2. The second-order valence-electron chi connectivity index (χ2n) is 6.26. The predicted octanol–water partition coefficient (Wildman–Crippen LogP) is 3.36. The van der Waals surface area contributed by atoms with Crippen molar-refractivity contribution in [2.75, 3.05) is 7.11 Å². The Kier molecular flexibility index (Phi) is 2.86. The fraction of sp³-hybridized carbons (Fsp3) is 0.688. The van der Waals surface area contributed by atoms with E-state index in [1.54, 1.807) is 7.11 Å². The summed E-state index contributed by atoms with van der Waals surface area (Å²) in [5.41, 5.74) is 4.84. The van der Waals surface area contributed by atoms with E-state index < -0.39 is 5.79 Å². The lowest BCUT2D eigenvalue weighted by Gasteiger charge is -2.30. The van der Waals surface area contributed by atoms with E-state index in [2.05, 4.69) is 13.8 Å². The molecule has 3 rings (SSSR count). The summed E-state index contributed by atoms with van der Waals surface area (Å²) in [5.74, 6) is 0.122. The summed E-state index contributed by atoms with van der Waals surface area (Å²) in [5, 5.41) is 0. The van der Waals surface area contributed by atoms with Gasteiger partial charge in [-0.1, -0.05) is 18.1 Å². The van der Waals surface area contributed by atoms with Crippen molar-refractivity contribution in [2.45, 2.75) is 52.2 Å². The molecule has 1 heterocycles. The summed E-state index contributed by atoms with van der Waals surface area (Å²) < 4.78 is 11.3. The topological polar surface area (TPSA) is 35.5 Å². The van der Waals surface area contributed by atoms with Gasteiger partial charge in [0.2, 0.25) is 5.79 Å². The first-order valence-corrected chi connectivity index (χ1v) is 7.15. The van der Waals surface area contributed by atoms with Crippen LogP contribution in [0, 0.1) is 11.8 Å². The van der Waals surface area contributed by atoms with E-state index >= 15 is 0 Å². The van der Waals surface area contributed by atoms with Gasteiger partial charge in [0, 0.05) is 24.7 Å². The molecule has 3 aliphatic rings. The van der Waals surface area contributed by atoms with E-state index in [1.165, 1.54) is 24.0 Å². The molecule has 1 fully saturated rings. The van der Waals surface area contributed by atoms with Crippen LogP contribution in [0.2, 0.25) is 0 Å². The van der Waals surface area contributed by atoms with Crippen LogP contribution in [0.15, 0.2) is 22.3 Å². The third kappa shape index (κ3) is 1.71. The number of fused-ring (bicyclic) bond motifs is 2. The highest BCUT2D eigenvalue weighted by atomic mass is 16.7.